The number of aliphatic hydroxyl groups is 2. The topological polar surface area (TPSA) is 166 Å². The second kappa shape index (κ2) is 16.9. The molecule has 8 bridgehead atoms. The van der Waals surface area contributed by atoms with E-state index in [9.17, 15) is 10.2 Å². The molecular weight excluding hydrogens is 765 g/mol. The molecule has 0 saturated heterocycles. The first kappa shape index (κ1) is 40.5. The molecule has 4 heterocycles. The van der Waals surface area contributed by atoms with Crippen molar-refractivity contribution >= 4 is 0 Å². The van der Waals surface area contributed by atoms with Crippen molar-refractivity contribution in [2.75, 3.05) is 27.2 Å². The summed E-state index contributed by atoms with van der Waals surface area (Å²) in [7, 11) is 0. The summed E-state index contributed by atoms with van der Waals surface area (Å²) in [5, 5.41) is 22.6. The summed E-state index contributed by atoms with van der Waals surface area (Å²) in [5.74, 6) is 3.95. The largest absolute Gasteiger partial charge is 0.457 e. The maximum atomic E-state index is 11.3. The Kier molecular flexibility index (Phi) is 11.4. The maximum Gasteiger partial charge on any atom is 0.230 e. The smallest absolute Gasteiger partial charge is 0.230 e. The van der Waals surface area contributed by atoms with Crippen molar-refractivity contribution in [3.63, 3.8) is 0 Å². The van der Waals surface area contributed by atoms with Gasteiger partial charge < -0.3 is 59.6 Å². The Morgan fingerprint density at radius 2 is 0.583 bits per heavy atom. The molecule has 0 aromatic heterocycles. The van der Waals surface area contributed by atoms with Gasteiger partial charge in [0.15, 0.2) is 0 Å². The van der Waals surface area contributed by atoms with E-state index >= 15 is 0 Å². The minimum Gasteiger partial charge on any atom is -0.457 e. The van der Waals surface area contributed by atoms with Crippen molar-refractivity contribution in [2.45, 2.75) is 129 Å². The van der Waals surface area contributed by atoms with E-state index in [1.807, 2.05) is 0 Å². The van der Waals surface area contributed by atoms with Gasteiger partial charge in [-0.3, -0.25) is 0 Å². The Hall–Kier alpha value is -4.88. The second-order valence-corrected chi connectivity index (χ2v) is 16.5. The van der Waals surface area contributed by atoms with E-state index < -0.39 is 0 Å². The van der Waals surface area contributed by atoms with Crippen molar-refractivity contribution < 1.29 is 48.1 Å². The summed E-state index contributed by atoms with van der Waals surface area (Å²) >= 11 is 0. The number of ether oxygens (including phenoxy) is 8. The van der Waals surface area contributed by atoms with Crippen LogP contribution in [0.3, 0.4) is 0 Å². The average Bonchev–Trinajstić information content (AvgIpc) is 3.24. The molecule has 0 saturated carbocycles. The molecule has 12 heteroatoms. The lowest BCUT2D eigenvalue weighted by Gasteiger charge is -2.37. The minimum atomic E-state index is -0.324. The Balaban J connectivity index is 1.50. The maximum absolute atomic E-state index is 11.3. The minimum absolute atomic E-state index is 0.0807. The van der Waals surface area contributed by atoms with Crippen molar-refractivity contribution in [3.8, 4) is 46.0 Å². The van der Waals surface area contributed by atoms with Gasteiger partial charge in [-0.15, -0.1) is 0 Å². The van der Waals surface area contributed by atoms with Crippen LogP contribution in [0.4, 0.5) is 0 Å². The molecule has 0 radical (unpaired) electrons. The fourth-order valence-corrected chi connectivity index (χ4v) is 10.8. The van der Waals surface area contributed by atoms with Gasteiger partial charge in [0.25, 0.3) is 0 Å². The summed E-state index contributed by atoms with van der Waals surface area (Å²) in [6.07, 6.45) is 6.48. The highest BCUT2D eigenvalue weighted by Crippen LogP contribution is 2.58. The zero-order valence-corrected chi connectivity index (χ0v) is 35.2. The number of nitrogens with two attached hydrogens (primary N) is 2. The van der Waals surface area contributed by atoms with E-state index in [0.717, 1.165) is 107 Å². The van der Waals surface area contributed by atoms with Crippen LogP contribution in [0.5, 0.6) is 46.0 Å². The van der Waals surface area contributed by atoms with Gasteiger partial charge in [-0.05, 0) is 49.9 Å². The molecule has 5 aliphatic rings. The monoisotopic (exact) mass is 822 g/mol. The number of aliphatic hydroxyl groups excluding tert-OH is 2. The van der Waals surface area contributed by atoms with E-state index in [-0.39, 0.29) is 77.1 Å². The van der Waals surface area contributed by atoms with Gasteiger partial charge in [-0.1, -0.05) is 53.4 Å². The predicted molar refractivity (Wildman–Crippen MR) is 225 cm³/mol. The van der Waals surface area contributed by atoms with E-state index in [4.69, 9.17) is 49.4 Å². The van der Waals surface area contributed by atoms with E-state index in [1.54, 1.807) is 0 Å². The Bertz CT molecular complexity index is 1850. The lowest BCUT2D eigenvalue weighted by Crippen LogP contribution is -2.26. The molecule has 0 amide bonds. The van der Waals surface area contributed by atoms with E-state index in [2.05, 4.69) is 52.0 Å². The van der Waals surface area contributed by atoms with Crippen molar-refractivity contribution in [1.29, 1.82) is 0 Å². The Morgan fingerprint density at radius 3 is 0.750 bits per heavy atom. The molecule has 6 N–H and O–H groups in total. The van der Waals surface area contributed by atoms with Crippen molar-refractivity contribution in [1.82, 2.24) is 0 Å². The molecule has 4 aromatic carbocycles. The third kappa shape index (κ3) is 6.32. The summed E-state index contributed by atoms with van der Waals surface area (Å²) in [4.78, 5) is 0. The van der Waals surface area contributed by atoms with Crippen LogP contribution in [0.15, 0.2) is 24.3 Å². The van der Waals surface area contributed by atoms with Crippen molar-refractivity contribution in [3.05, 3.63) is 91.0 Å². The van der Waals surface area contributed by atoms with E-state index in [0.29, 0.717) is 57.1 Å². The summed E-state index contributed by atoms with van der Waals surface area (Å²) in [6, 6.07) is 9.04. The Morgan fingerprint density at radius 1 is 0.383 bits per heavy atom. The van der Waals surface area contributed by atoms with Crippen LogP contribution in [0.1, 0.15) is 169 Å². The standard InChI is InChI=1S/C48H58N2O10/c1-5-9-25-29-13-31-26(10-6-2)33-15-35-28(12-8-4)36-16-34-27(11-7-3)32-14-30(25)42-38(18-50)44(32)56-23-58-46(34)40(20-52)48(36)60-24-59-47(35)39(19-51)45(33)57-22-55-43(31)37(17-49)41(29)53-21-54-42/h13-16,25-28,51-52H,5-12,17-24,49-50H2,1-4H3/t25?,26-,27-,28?/m1/s1. The molecule has 9 rings (SSSR count). The van der Waals surface area contributed by atoms with Crippen LogP contribution in [-0.4, -0.2) is 37.4 Å². The van der Waals surface area contributed by atoms with Crippen LogP contribution in [0.25, 0.3) is 0 Å². The lowest BCUT2D eigenvalue weighted by atomic mass is 9.74. The summed E-state index contributed by atoms with van der Waals surface area (Å²) in [6.45, 7) is 7.92. The first-order valence-electron chi connectivity index (χ1n) is 21.9. The normalized spacial score (nSPS) is 20.3. The molecule has 4 aromatic rings. The fraction of sp³-hybridized carbons (Fsp3) is 0.500. The molecule has 0 unspecified atom stereocenters. The van der Waals surface area contributed by atoms with Gasteiger partial charge in [-0.2, -0.15) is 0 Å². The molecule has 2 atom stereocenters. The van der Waals surface area contributed by atoms with Crippen LogP contribution < -0.4 is 49.4 Å². The first-order valence-corrected chi connectivity index (χ1v) is 21.9. The van der Waals surface area contributed by atoms with E-state index in [1.165, 1.54) is 0 Å². The molecule has 1 aliphatic carbocycles. The lowest BCUT2D eigenvalue weighted by molar-refractivity contribution is 0.0910. The quantitative estimate of drug-likeness (QED) is 0.108. The zero-order chi connectivity index (χ0) is 41.7. The third-order valence-electron chi connectivity index (χ3n) is 13.2. The van der Waals surface area contributed by atoms with Crippen LogP contribution in [-0.2, 0) is 26.3 Å². The van der Waals surface area contributed by atoms with Gasteiger partial charge in [-0.25, -0.2) is 0 Å². The summed E-state index contributed by atoms with van der Waals surface area (Å²) < 4.78 is 52.8. The number of hydrogen-bond donors (Lipinski definition) is 4. The molecule has 320 valence electrons. The highest BCUT2D eigenvalue weighted by molar-refractivity contribution is 5.69. The van der Waals surface area contributed by atoms with Crippen LogP contribution in [0, 0.1) is 0 Å². The van der Waals surface area contributed by atoms with Crippen LogP contribution >= 0.6 is 0 Å². The number of hydrogen-bond acceptors (Lipinski definition) is 12. The zero-order valence-electron chi connectivity index (χ0n) is 35.2. The third-order valence-corrected chi connectivity index (χ3v) is 13.2. The Labute approximate surface area is 352 Å². The van der Waals surface area contributed by atoms with Gasteiger partial charge in [0.2, 0.25) is 27.2 Å². The van der Waals surface area contributed by atoms with Gasteiger partial charge in [0, 0.05) is 81.3 Å². The summed E-state index contributed by atoms with van der Waals surface area (Å²) in [5.41, 5.74) is 23.9. The highest BCUT2D eigenvalue weighted by Gasteiger charge is 2.41. The number of rotatable bonds is 12. The number of benzene rings is 4. The fourth-order valence-electron chi connectivity index (χ4n) is 10.8. The molecule has 0 spiro atoms. The van der Waals surface area contributed by atoms with Gasteiger partial charge >= 0.3 is 0 Å². The molecule has 4 aliphatic heterocycles. The molecule has 12 nitrogen and oxygen atoms in total. The molecule has 0 fully saturated rings. The molecular formula is C48H58N2O10. The van der Waals surface area contributed by atoms with Crippen molar-refractivity contribution in [2.24, 2.45) is 11.5 Å². The van der Waals surface area contributed by atoms with Gasteiger partial charge in [0.05, 0.1) is 35.5 Å². The highest BCUT2D eigenvalue weighted by atomic mass is 16.7. The molecule has 60 heavy (non-hydrogen) atoms. The second-order valence-electron chi connectivity index (χ2n) is 16.5. The predicted octanol–water partition coefficient (Wildman–Crippen LogP) is 8.54. The SMILES string of the molecule is CCCC1c2cc3c4c(CN)c2OCOc2c1cc1c(c2CN)OCOc2c(cc5c(c2CO)OCOc2c(cc(c(c2CO)OCO4)[C@@H]3CCC)C5CCC)[C@@H]1CCC. The van der Waals surface area contributed by atoms with Crippen LogP contribution in [0.2, 0.25) is 0 Å². The first-order chi connectivity index (χ1) is 29.5. The average molecular weight is 823 g/mol. The van der Waals surface area contributed by atoms with Gasteiger partial charge in [0.1, 0.15) is 46.0 Å².